The Morgan fingerprint density at radius 3 is 2.64 bits per heavy atom. The zero-order valence-electron chi connectivity index (χ0n) is 8.88. The Labute approximate surface area is 85.0 Å². The predicted octanol–water partition coefficient (Wildman–Crippen LogP) is 1.05. The molecular weight excluding hydrogens is 176 g/mol. The number of hydrogen-bond acceptors (Lipinski definition) is 2. The first-order valence-corrected chi connectivity index (χ1v) is 4.88. The van der Waals surface area contributed by atoms with E-state index in [0.717, 1.165) is 24.4 Å². The lowest BCUT2D eigenvalue weighted by molar-refractivity contribution is 0.685. The van der Waals surface area contributed by atoms with Crippen LogP contribution in [0.2, 0.25) is 0 Å². The van der Waals surface area contributed by atoms with Crippen molar-refractivity contribution in [3.05, 3.63) is 12.3 Å². The standard InChI is InChI=1S/C10H18N4/c1-7(2)13-10(11)14-8(3)9-5-4-6-12-9/h9,12H,3-6H2,1-2H3,(H2,11,14). The highest BCUT2D eigenvalue weighted by molar-refractivity contribution is 5.94. The van der Waals surface area contributed by atoms with Gasteiger partial charge in [-0.1, -0.05) is 6.58 Å². The van der Waals surface area contributed by atoms with Crippen LogP contribution >= 0.6 is 0 Å². The molecule has 1 unspecified atom stereocenters. The molecule has 0 aliphatic carbocycles. The molecule has 14 heavy (non-hydrogen) atoms. The molecule has 1 rings (SSSR count). The van der Waals surface area contributed by atoms with Gasteiger partial charge in [-0.25, -0.2) is 9.98 Å². The molecule has 1 saturated heterocycles. The molecule has 0 spiro atoms. The summed E-state index contributed by atoms with van der Waals surface area (Å²) in [7, 11) is 0. The average Bonchev–Trinajstić information content (AvgIpc) is 2.53. The summed E-state index contributed by atoms with van der Waals surface area (Å²) in [5, 5.41) is 3.30. The third-order valence-electron chi connectivity index (χ3n) is 2.06. The molecule has 0 amide bonds. The summed E-state index contributed by atoms with van der Waals surface area (Å²) in [5.41, 5.74) is 7.30. The molecule has 1 atom stereocenters. The Hall–Kier alpha value is -1.16. The molecular formula is C10H18N4. The van der Waals surface area contributed by atoms with Crippen molar-refractivity contribution in [2.75, 3.05) is 6.54 Å². The number of nitrogens with two attached hydrogens (primary N) is 1. The highest BCUT2D eigenvalue weighted by Crippen LogP contribution is 2.13. The van der Waals surface area contributed by atoms with Gasteiger partial charge in [0.05, 0.1) is 5.70 Å². The number of hydrogen-bond donors (Lipinski definition) is 2. The van der Waals surface area contributed by atoms with Gasteiger partial charge in [0.25, 0.3) is 0 Å². The minimum atomic E-state index is 0.279. The van der Waals surface area contributed by atoms with Crippen molar-refractivity contribution < 1.29 is 0 Å². The average molecular weight is 194 g/mol. The molecule has 3 N–H and O–H groups in total. The van der Waals surface area contributed by atoms with Gasteiger partial charge in [0, 0.05) is 11.8 Å². The van der Waals surface area contributed by atoms with Gasteiger partial charge in [-0.3, -0.25) is 0 Å². The fourth-order valence-corrected chi connectivity index (χ4v) is 1.45. The molecule has 0 bridgehead atoms. The van der Waals surface area contributed by atoms with Crippen LogP contribution < -0.4 is 11.1 Å². The van der Waals surface area contributed by atoms with Crippen LogP contribution in [0.3, 0.4) is 0 Å². The van der Waals surface area contributed by atoms with Crippen molar-refractivity contribution in [1.29, 1.82) is 0 Å². The summed E-state index contributed by atoms with van der Waals surface area (Å²) in [5.74, 6) is 0.295. The Balaban J connectivity index is 2.57. The van der Waals surface area contributed by atoms with Crippen LogP contribution in [-0.2, 0) is 0 Å². The number of guanidine groups is 1. The predicted molar refractivity (Wildman–Crippen MR) is 60.6 cm³/mol. The van der Waals surface area contributed by atoms with E-state index < -0.39 is 0 Å². The van der Waals surface area contributed by atoms with Gasteiger partial charge in [-0.05, 0) is 33.2 Å². The molecule has 0 radical (unpaired) electrons. The maximum atomic E-state index is 5.62. The normalized spacial score (nSPS) is 22.1. The lowest BCUT2D eigenvalue weighted by Gasteiger charge is -2.08. The molecule has 0 aromatic heterocycles. The summed E-state index contributed by atoms with van der Waals surface area (Å²) >= 11 is 0. The number of nitrogens with one attached hydrogen (secondary N) is 1. The summed E-state index contributed by atoms with van der Waals surface area (Å²) < 4.78 is 0. The second-order valence-corrected chi connectivity index (χ2v) is 3.67. The Bertz CT molecular complexity index is 268. The molecule has 4 heteroatoms. The largest absolute Gasteiger partial charge is 0.368 e. The third kappa shape index (κ3) is 3.30. The van der Waals surface area contributed by atoms with Gasteiger partial charge in [-0.15, -0.1) is 0 Å². The van der Waals surface area contributed by atoms with E-state index in [4.69, 9.17) is 5.73 Å². The van der Waals surface area contributed by atoms with E-state index in [1.807, 2.05) is 13.8 Å². The van der Waals surface area contributed by atoms with Crippen molar-refractivity contribution in [3.63, 3.8) is 0 Å². The fraction of sp³-hybridized carbons (Fsp3) is 0.600. The maximum Gasteiger partial charge on any atom is 0.220 e. The number of aliphatic imine (C=N–C) groups is 2. The van der Waals surface area contributed by atoms with Gasteiger partial charge < -0.3 is 11.1 Å². The van der Waals surface area contributed by atoms with E-state index in [2.05, 4.69) is 21.9 Å². The highest BCUT2D eigenvalue weighted by Gasteiger charge is 2.16. The molecule has 1 aliphatic heterocycles. The molecule has 78 valence electrons. The van der Waals surface area contributed by atoms with Crippen LogP contribution in [0.1, 0.15) is 26.7 Å². The summed E-state index contributed by atoms with van der Waals surface area (Å²) in [6.07, 6.45) is 2.26. The van der Waals surface area contributed by atoms with Crippen LogP contribution in [0, 0.1) is 0 Å². The minimum absolute atomic E-state index is 0.279. The Morgan fingerprint density at radius 2 is 2.14 bits per heavy atom. The summed E-state index contributed by atoms with van der Waals surface area (Å²) in [4.78, 5) is 8.19. The second-order valence-electron chi connectivity index (χ2n) is 3.67. The monoisotopic (exact) mass is 194 g/mol. The first-order valence-electron chi connectivity index (χ1n) is 4.88. The molecule has 1 heterocycles. The van der Waals surface area contributed by atoms with E-state index in [9.17, 15) is 0 Å². The third-order valence-corrected chi connectivity index (χ3v) is 2.06. The van der Waals surface area contributed by atoms with Crippen molar-refractivity contribution in [2.24, 2.45) is 15.7 Å². The van der Waals surface area contributed by atoms with E-state index in [1.54, 1.807) is 0 Å². The Morgan fingerprint density at radius 1 is 1.43 bits per heavy atom. The first kappa shape index (κ1) is 10.9. The van der Waals surface area contributed by atoms with Gasteiger partial charge in [-0.2, -0.15) is 0 Å². The highest BCUT2D eigenvalue weighted by atomic mass is 15.1. The smallest absolute Gasteiger partial charge is 0.220 e. The van der Waals surface area contributed by atoms with Crippen LogP contribution in [0.5, 0.6) is 0 Å². The molecule has 4 nitrogen and oxygen atoms in total. The van der Waals surface area contributed by atoms with Gasteiger partial charge in [0.2, 0.25) is 5.96 Å². The molecule has 0 aromatic rings. The van der Waals surface area contributed by atoms with E-state index in [1.165, 1.54) is 6.42 Å². The minimum Gasteiger partial charge on any atom is -0.368 e. The second kappa shape index (κ2) is 4.91. The van der Waals surface area contributed by atoms with E-state index in [-0.39, 0.29) is 6.04 Å². The van der Waals surface area contributed by atoms with Crippen molar-refractivity contribution in [3.8, 4) is 0 Å². The van der Waals surface area contributed by atoms with E-state index >= 15 is 0 Å². The van der Waals surface area contributed by atoms with Crippen LogP contribution in [-0.4, -0.2) is 24.3 Å². The Kier molecular flexibility index (Phi) is 3.83. The number of nitrogens with zero attached hydrogens (tertiary/aromatic N) is 2. The van der Waals surface area contributed by atoms with Crippen LogP contribution in [0.4, 0.5) is 0 Å². The van der Waals surface area contributed by atoms with Gasteiger partial charge >= 0.3 is 0 Å². The van der Waals surface area contributed by atoms with Gasteiger partial charge in [0.1, 0.15) is 0 Å². The SMILES string of the molecule is C=C(N=C(N)N=C(C)C)C1CCCN1. The number of rotatable bonds is 2. The van der Waals surface area contributed by atoms with Crippen LogP contribution in [0.15, 0.2) is 22.3 Å². The molecule has 1 aliphatic rings. The van der Waals surface area contributed by atoms with Gasteiger partial charge in [0.15, 0.2) is 0 Å². The zero-order chi connectivity index (χ0) is 10.6. The first-order chi connectivity index (χ1) is 6.59. The zero-order valence-corrected chi connectivity index (χ0v) is 8.88. The summed E-state index contributed by atoms with van der Waals surface area (Å²) in [6, 6.07) is 0.279. The summed E-state index contributed by atoms with van der Waals surface area (Å²) in [6.45, 7) is 8.70. The fourth-order valence-electron chi connectivity index (χ4n) is 1.45. The van der Waals surface area contributed by atoms with Crippen molar-refractivity contribution >= 4 is 11.7 Å². The van der Waals surface area contributed by atoms with Crippen LogP contribution in [0.25, 0.3) is 0 Å². The molecule has 1 fully saturated rings. The lowest BCUT2D eigenvalue weighted by atomic mass is 10.2. The maximum absolute atomic E-state index is 5.62. The topological polar surface area (TPSA) is 62.8 Å². The lowest BCUT2D eigenvalue weighted by Crippen LogP contribution is -2.23. The molecule has 0 saturated carbocycles. The van der Waals surface area contributed by atoms with Crippen molar-refractivity contribution in [1.82, 2.24) is 5.32 Å². The molecule has 0 aromatic carbocycles. The van der Waals surface area contributed by atoms with Crippen molar-refractivity contribution in [2.45, 2.75) is 32.7 Å². The van der Waals surface area contributed by atoms with E-state index in [0.29, 0.717) is 5.96 Å². The quantitative estimate of drug-likeness (QED) is 0.510.